The summed E-state index contributed by atoms with van der Waals surface area (Å²) in [6.45, 7) is 2.22. The molecule has 2 heteroatoms. The minimum absolute atomic E-state index is 0.200. The van der Waals surface area contributed by atoms with Crippen LogP contribution in [0.5, 0.6) is 5.75 Å². The summed E-state index contributed by atoms with van der Waals surface area (Å²) in [5.41, 5.74) is 0.740. The Kier molecular flexibility index (Phi) is 3.28. The van der Waals surface area contributed by atoms with E-state index in [9.17, 15) is 4.79 Å². The fourth-order valence-electron chi connectivity index (χ4n) is 2.51. The van der Waals surface area contributed by atoms with E-state index in [1.54, 1.807) is 7.11 Å². The molecule has 1 saturated carbocycles. The van der Waals surface area contributed by atoms with Gasteiger partial charge in [0.15, 0.2) is 5.78 Å². The van der Waals surface area contributed by atoms with Gasteiger partial charge in [-0.1, -0.05) is 19.1 Å². The van der Waals surface area contributed by atoms with Gasteiger partial charge in [0.05, 0.1) is 12.7 Å². The highest BCUT2D eigenvalue weighted by molar-refractivity contribution is 6.00. The first-order valence-corrected chi connectivity index (χ1v) is 5.89. The number of methoxy groups -OCH3 is 1. The zero-order chi connectivity index (χ0) is 11.5. The van der Waals surface area contributed by atoms with Crippen LogP contribution in [0.1, 0.15) is 36.5 Å². The van der Waals surface area contributed by atoms with Crippen molar-refractivity contribution in [3.05, 3.63) is 29.8 Å². The number of rotatable bonds is 3. The highest BCUT2D eigenvalue weighted by Gasteiger charge is 2.29. The predicted octanol–water partition coefficient (Wildman–Crippen LogP) is 3.31. The lowest BCUT2D eigenvalue weighted by Crippen LogP contribution is -2.12. The average Bonchev–Trinajstić information content (AvgIpc) is 2.75. The number of benzene rings is 1. The van der Waals surface area contributed by atoms with Crippen LogP contribution in [-0.2, 0) is 0 Å². The molecule has 16 heavy (non-hydrogen) atoms. The molecule has 0 radical (unpaired) electrons. The molecule has 0 heterocycles. The van der Waals surface area contributed by atoms with E-state index in [2.05, 4.69) is 6.92 Å². The van der Waals surface area contributed by atoms with Gasteiger partial charge in [0.25, 0.3) is 0 Å². The van der Waals surface area contributed by atoms with Crippen molar-refractivity contribution in [2.45, 2.75) is 26.2 Å². The molecular formula is C14H18O2. The maximum Gasteiger partial charge on any atom is 0.169 e. The second-order valence-corrected chi connectivity index (χ2v) is 4.68. The van der Waals surface area contributed by atoms with Crippen molar-refractivity contribution in [1.82, 2.24) is 0 Å². The molecule has 86 valence electrons. The number of hydrogen-bond donors (Lipinski definition) is 0. The minimum Gasteiger partial charge on any atom is -0.496 e. The van der Waals surface area contributed by atoms with Crippen LogP contribution < -0.4 is 4.74 Å². The Balaban J connectivity index is 2.20. The van der Waals surface area contributed by atoms with Crippen LogP contribution in [0.25, 0.3) is 0 Å². The van der Waals surface area contributed by atoms with Crippen molar-refractivity contribution in [3.63, 3.8) is 0 Å². The number of carbonyl (C=O) groups is 1. The third-order valence-corrected chi connectivity index (χ3v) is 3.44. The Morgan fingerprint density at radius 3 is 2.69 bits per heavy atom. The average molecular weight is 218 g/mol. The van der Waals surface area contributed by atoms with Gasteiger partial charge in [-0.2, -0.15) is 0 Å². The Hall–Kier alpha value is -1.31. The zero-order valence-electron chi connectivity index (χ0n) is 9.90. The highest BCUT2D eigenvalue weighted by Crippen LogP contribution is 2.34. The summed E-state index contributed by atoms with van der Waals surface area (Å²) in [5, 5.41) is 0. The third kappa shape index (κ3) is 2.11. The van der Waals surface area contributed by atoms with Gasteiger partial charge in [0.2, 0.25) is 0 Å². The largest absolute Gasteiger partial charge is 0.496 e. The fraction of sp³-hybridized carbons (Fsp3) is 0.500. The van der Waals surface area contributed by atoms with Crippen LogP contribution >= 0.6 is 0 Å². The van der Waals surface area contributed by atoms with Crippen LogP contribution in [0, 0.1) is 11.8 Å². The van der Waals surface area contributed by atoms with Gasteiger partial charge >= 0.3 is 0 Å². The van der Waals surface area contributed by atoms with Crippen LogP contribution in [-0.4, -0.2) is 12.9 Å². The molecule has 1 fully saturated rings. The summed E-state index contributed by atoms with van der Waals surface area (Å²) >= 11 is 0. The van der Waals surface area contributed by atoms with Crippen molar-refractivity contribution in [1.29, 1.82) is 0 Å². The third-order valence-electron chi connectivity index (χ3n) is 3.44. The van der Waals surface area contributed by atoms with Crippen LogP contribution in [0.15, 0.2) is 24.3 Å². The normalized spacial score (nSPS) is 24.4. The predicted molar refractivity (Wildman–Crippen MR) is 63.8 cm³/mol. The van der Waals surface area contributed by atoms with Crippen LogP contribution in [0.2, 0.25) is 0 Å². The quantitative estimate of drug-likeness (QED) is 0.727. The number of ether oxygens (including phenoxy) is 1. The standard InChI is InChI=1S/C14H18O2/c1-10-7-8-11(9-10)14(15)12-5-3-4-6-13(12)16-2/h3-6,10-11H,7-9H2,1-2H3/t10-,11?/m0/s1. The maximum atomic E-state index is 12.3. The minimum atomic E-state index is 0.200. The van der Waals surface area contributed by atoms with Crippen molar-refractivity contribution in [2.75, 3.05) is 7.11 Å². The molecule has 2 rings (SSSR count). The smallest absolute Gasteiger partial charge is 0.169 e. The summed E-state index contributed by atoms with van der Waals surface area (Å²) in [6, 6.07) is 7.51. The van der Waals surface area contributed by atoms with Crippen LogP contribution in [0.3, 0.4) is 0 Å². The van der Waals surface area contributed by atoms with E-state index in [4.69, 9.17) is 4.74 Å². The molecule has 0 aliphatic heterocycles. The van der Waals surface area contributed by atoms with Gasteiger partial charge in [-0.15, -0.1) is 0 Å². The number of para-hydroxylation sites is 1. The highest BCUT2D eigenvalue weighted by atomic mass is 16.5. The van der Waals surface area contributed by atoms with Gasteiger partial charge in [0.1, 0.15) is 5.75 Å². The molecular weight excluding hydrogens is 200 g/mol. The van der Waals surface area contributed by atoms with Gasteiger partial charge in [-0.05, 0) is 37.3 Å². The first-order valence-electron chi connectivity index (χ1n) is 5.89. The summed E-state index contributed by atoms with van der Waals surface area (Å²) in [4.78, 5) is 12.3. The van der Waals surface area contributed by atoms with E-state index in [1.165, 1.54) is 6.42 Å². The number of Topliss-reactive ketones (excluding diaryl/α,β-unsaturated/α-hetero) is 1. The molecule has 1 aromatic rings. The molecule has 0 amide bonds. The molecule has 0 saturated heterocycles. The van der Waals surface area contributed by atoms with E-state index in [0.717, 1.165) is 18.4 Å². The lowest BCUT2D eigenvalue weighted by molar-refractivity contribution is 0.0917. The van der Waals surface area contributed by atoms with Gasteiger partial charge < -0.3 is 4.74 Å². The summed E-state index contributed by atoms with van der Waals surface area (Å²) in [7, 11) is 1.61. The summed E-state index contributed by atoms with van der Waals surface area (Å²) < 4.78 is 5.23. The van der Waals surface area contributed by atoms with Gasteiger partial charge in [0, 0.05) is 5.92 Å². The maximum absolute atomic E-state index is 12.3. The Bertz CT molecular complexity index is 384. The lowest BCUT2D eigenvalue weighted by atomic mass is 9.95. The van der Waals surface area contributed by atoms with Crippen molar-refractivity contribution < 1.29 is 9.53 Å². The Morgan fingerprint density at radius 2 is 2.06 bits per heavy atom. The van der Waals surface area contributed by atoms with E-state index < -0.39 is 0 Å². The first kappa shape index (κ1) is 11.2. The molecule has 2 nitrogen and oxygen atoms in total. The lowest BCUT2D eigenvalue weighted by Gasteiger charge is -2.11. The number of hydrogen-bond acceptors (Lipinski definition) is 2. The van der Waals surface area contributed by atoms with Gasteiger partial charge in [-0.25, -0.2) is 0 Å². The van der Waals surface area contributed by atoms with Crippen molar-refractivity contribution in [3.8, 4) is 5.75 Å². The van der Waals surface area contributed by atoms with Crippen molar-refractivity contribution >= 4 is 5.78 Å². The van der Waals surface area contributed by atoms with E-state index in [0.29, 0.717) is 11.7 Å². The monoisotopic (exact) mass is 218 g/mol. The van der Waals surface area contributed by atoms with Crippen molar-refractivity contribution in [2.24, 2.45) is 11.8 Å². The van der Waals surface area contributed by atoms with E-state index >= 15 is 0 Å². The topological polar surface area (TPSA) is 26.3 Å². The Labute approximate surface area is 96.6 Å². The molecule has 0 N–H and O–H groups in total. The fourth-order valence-corrected chi connectivity index (χ4v) is 2.51. The van der Waals surface area contributed by atoms with Gasteiger partial charge in [-0.3, -0.25) is 4.79 Å². The molecule has 0 bridgehead atoms. The Morgan fingerprint density at radius 1 is 1.31 bits per heavy atom. The molecule has 1 aliphatic carbocycles. The second kappa shape index (κ2) is 4.69. The SMILES string of the molecule is COc1ccccc1C(=O)C1CC[C@H](C)C1. The number of carbonyl (C=O) groups excluding carboxylic acids is 1. The van der Waals surface area contributed by atoms with Crippen LogP contribution in [0.4, 0.5) is 0 Å². The summed E-state index contributed by atoms with van der Waals surface area (Å²) in [5.74, 6) is 1.84. The van der Waals surface area contributed by atoms with E-state index in [1.807, 2.05) is 24.3 Å². The molecule has 0 spiro atoms. The molecule has 2 atom stereocenters. The first-order chi connectivity index (χ1) is 7.72. The van der Waals surface area contributed by atoms with E-state index in [-0.39, 0.29) is 11.7 Å². The molecule has 1 aliphatic rings. The number of ketones is 1. The zero-order valence-corrected chi connectivity index (χ0v) is 9.90. The molecule has 0 aromatic heterocycles. The summed E-state index contributed by atoms with van der Waals surface area (Å²) in [6.07, 6.45) is 3.22. The molecule has 1 unspecified atom stereocenters. The second-order valence-electron chi connectivity index (χ2n) is 4.68. The molecule has 1 aromatic carbocycles.